The summed E-state index contributed by atoms with van der Waals surface area (Å²) in [4.78, 5) is 11.9. The summed E-state index contributed by atoms with van der Waals surface area (Å²) in [6.45, 7) is 5.53. The summed E-state index contributed by atoms with van der Waals surface area (Å²) in [7, 11) is 0. The van der Waals surface area contributed by atoms with Crippen LogP contribution < -0.4 is 5.32 Å². The van der Waals surface area contributed by atoms with Crippen LogP contribution in [0.2, 0.25) is 10.0 Å². The molecule has 0 aromatic heterocycles. The molecule has 0 spiro atoms. The first kappa shape index (κ1) is 14.5. The molecular formula is C13H17Cl2NO. The molecule has 1 aromatic rings. The number of Topliss-reactive ketones (excluding diaryl/α,β-unsaturated/α-hetero) is 1. The molecule has 0 aliphatic carbocycles. The van der Waals surface area contributed by atoms with E-state index >= 15 is 0 Å². The number of hydrogen-bond donors (Lipinski definition) is 1. The van der Waals surface area contributed by atoms with E-state index in [9.17, 15) is 4.79 Å². The van der Waals surface area contributed by atoms with Crippen LogP contribution in [0.15, 0.2) is 18.2 Å². The van der Waals surface area contributed by atoms with Gasteiger partial charge in [0.05, 0.1) is 0 Å². The Kier molecular flexibility index (Phi) is 5.96. The Balaban J connectivity index is 2.61. The second kappa shape index (κ2) is 7.00. The number of halogens is 2. The minimum atomic E-state index is 0.00157. The van der Waals surface area contributed by atoms with Gasteiger partial charge in [-0.3, -0.25) is 4.79 Å². The quantitative estimate of drug-likeness (QED) is 0.861. The first-order valence-corrected chi connectivity index (χ1v) is 6.47. The Bertz CT molecular complexity index is 393. The van der Waals surface area contributed by atoms with Gasteiger partial charge in [0.1, 0.15) is 5.78 Å². The monoisotopic (exact) mass is 273 g/mol. The first-order valence-electron chi connectivity index (χ1n) is 5.72. The fourth-order valence-corrected chi connectivity index (χ4v) is 1.98. The van der Waals surface area contributed by atoms with E-state index in [2.05, 4.69) is 5.32 Å². The topological polar surface area (TPSA) is 29.1 Å². The summed E-state index contributed by atoms with van der Waals surface area (Å²) in [6.07, 6.45) is 0.364. The fraction of sp³-hybridized carbons (Fsp3) is 0.462. The van der Waals surface area contributed by atoms with Gasteiger partial charge >= 0.3 is 0 Å². The van der Waals surface area contributed by atoms with Crippen molar-refractivity contribution in [2.75, 3.05) is 13.1 Å². The summed E-state index contributed by atoms with van der Waals surface area (Å²) in [5.74, 6) is 0.192. The maximum atomic E-state index is 11.9. The van der Waals surface area contributed by atoms with Gasteiger partial charge in [-0.1, -0.05) is 43.1 Å². The first-order chi connectivity index (χ1) is 8.04. The van der Waals surface area contributed by atoms with Crippen LogP contribution in [0.5, 0.6) is 0 Å². The molecule has 0 fully saturated rings. The minimum absolute atomic E-state index is 0.00157. The number of nitrogens with one attached hydrogen (secondary N) is 1. The lowest BCUT2D eigenvalue weighted by Crippen LogP contribution is -2.27. The summed E-state index contributed by atoms with van der Waals surface area (Å²) >= 11 is 11.8. The van der Waals surface area contributed by atoms with Gasteiger partial charge in [-0.2, -0.15) is 0 Å². The third kappa shape index (κ3) is 4.66. The van der Waals surface area contributed by atoms with Crippen LogP contribution in [0.4, 0.5) is 0 Å². The molecule has 0 radical (unpaired) electrons. The van der Waals surface area contributed by atoms with Gasteiger partial charge in [0.15, 0.2) is 0 Å². The molecule has 1 atom stereocenters. The highest BCUT2D eigenvalue weighted by atomic mass is 35.5. The SMILES string of the molecule is CCNCC(C)C(=O)Cc1ccc(Cl)cc1Cl. The number of carbonyl (C=O) groups excluding carboxylic acids is 1. The van der Waals surface area contributed by atoms with E-state index in [1.165, 1.54) is 0 Å². The Morgan fingerprint density at radius 1 is 1.41 bits per heavy atom. The van der Waals surface area contributed by atoms with E-state index in [-0.39, 0.29) is 11.7 Å². The van der Waals surface area contributed by atoms with Crippen LogP contribution in [0.3, 0.4) is 0 Å². The highest BCUT2D eigenvalue weighted by Crippen LogP contribution is 2.22. The van der Waals surface area contributed by atoms with Crippen LogP contribution in [0.25, 0.3) is 0 Å². The molecule has 1 rings (SSSR count). The normalized spacial score (nSPS) is 12.5. The largest absolute Gasteiger partial charge is 0.316 e. The van der Waals surface area contributed by atoms with Gasteiger partial charge in [-0.15, -0.1) is 0 Å². The van der Waals surface area contributed by atoms with E-state index < -0.39 is 0 Å². The standard InChI is InChI=1S/C13H17Cl2NO/c1-3-16-8-9(2)13(17)6-10-4-5-11(14)7-12(10)15/h4-5,7,9,16H,3,6,8H2,1-2H3. The van der Waals surface area contributed by atoms with E-state index in [1.54, 1.807) is 12.1 Å². The Hall–Kier alpha value is -0.570. The lowest BCUT2D eigenvalue weighted by Gasteiger charge is -2.11. The van der Waals surface area contributed by atoms with Gasteiger partial charge in [0, 0.05) is 28.9 Å². The van der Waals surface area contributed by atoms with E-state index in [0.29, 0.717) is 23.0 Å². The summed E-state index contributed by atoms with van der Waals surface area (Å²) in [5.41, 5.74) is 0.837. The molecule has 1 aromatic carbocycles. The molecule has 1 N–H and O–H groups in total. The number of carbonyl (C=O) groups is 1. The fourth-order valence-electron chi connectivity index (χ4n) is 1.50. The highest BCUT2D eigenvalue weighted by molar-refractivity contribution is 6.35. The molecule has 94 valence electrons. The Labute approximate surface area is 112 Å². The molecule has 1 unspecified atom stereocenters. The van der Waals surface area contributed by atoms with Crippen molar-refractivity contribution in [2.45, 2.75) is 20.3 Å². The zero-order valence-corrected chi connectivity index (χ0v) is 11.6. The van der Waals surface area contributed by atoms with Gasteiger partial charge in [0.2, 0.25) is 0 Å². The number of benzene rings is 1. The van der Waals surface area contributed by atoms with Gasteiger partial charge in [-0.05, 0) is 24.2 Å². The molecule has 0 saturated heterocycles. The minimum Gasteiger partial charge on any atom is -0.316 e. The molecule has 4 heteroatoms. The van der Waals surface area contributed by atoms with Crippen LogP contribution >= 0.6 is 23.2 Å². The van der Waals surface area contributed by atoms with Crippen LogP contribution in [-0.2, 0) is 11.2 Å². The van der Waals surface area contributed by atoms with Gasteiger partial charge in [-0.25, -0.2) is 0 Å². The summed E-state index contributed by atoms with van der Waals surface area (Å²) in [6, 6.07) is 5.23. The molecule has 0 aliphatic heterocycles. The second-order valence-corrected chi connectivity index (χ2v) is 4.93. The molecule has 17 heavy (non-hydrogen) atoms. The molecule has 0 amide bonds. The Morgan fingerprint density at radius 2 is 2.12 bits per heavy atom. The molecule has 2 nitrogen and oxygen atoms in total. The van der Waals surface area contributed by atoms with E-state index in [4.69, 9.17) is 23.2 Å². The maximum Gasteiger partial charge on any atom is 0.141 e. The van der Waals surface area contributed by atoms with Crippen molar-refractivity contribution < 1.29 is 4.79 Å². The van der Waals surface area contributed by atoms with Crippen molar-refractivity contribution >= 4 is 29.0 Å². The second-order valence-electron chi connectivity index (χ2n) is 4.09. The zero-order valence-electron chi connectivity index (χ0n) is 10.1. The van der Waals surface area contributed by atoms with Crippen molar-refractivity contribution in [3.05, 3.63) is 33.8 Å². The molecule has 0 heterocycles. The smallest absolute Gasteiger partial charge is 0.141 e. The predicted octanol–water partition coefficient (Wildman–Crippen LogP) is 3.35. The molecule has 0 bridgehead atoms. The van der Waals surface area contributed by atoms with Crippen LogP contribution in [0.1, 0.15) is 19.4 Å². The van der Waals surface area contributed by atoms with E-state index in [1.807, 2.05) is 19.9 Å². The van der Waals surface area contributed by atoms with Crippen molar-refractivity contribution in [1.82, 2.24) is 5.32 Å². The van der Waals surface area contributed by atoms with Crippen LogP contribution in [0, 0.1) is 5.92 Å². The third-order valence-corrected chi connectivity index (χ3v) is 3.22. The average molecular weight is 274 g/mol. The molecule has 0 aliphatic rings. The lowest BCUT2D eigenvalue weighted by atomic mass is 9.99. The van der Waals surface area contributed by atoms with Gasteiger partial charge in [0.25, 0.3) is 0 Å². The van der Waals surface area contributed by atoms with Crippen molar-refractivity contribution in [3.63, 3.8) is 0 Å². The predicted molar refractivity (Wildman–Crippen MR) is 72.9 cm³/mol. The summed E-state index contributed by atoms with van der Waals surface area (Å²) in [5, 5.41) is 4.31. The maximum absolute atomic E-state index is 11.9. The molecule has 0 saturated carbocycles. The van der Waals surface area contributed by atoms with E-state index in [0.717, 1.165) is 12.1 Å². The Morgan fingerprint density at radius 3 is 2.71 bits per heavy atom. The highest BCUT2D eigenvalue weighted by Gasteiger charge is 2.14. The number of ketones is 1. The van der Waals surface area contributed by atoms with Crippen molar-refractivity contribution in [3.8, 4) is 0 Å². The molecular weight excluding hydrogens is 257 g/mol. The van der Waals surface area contributed by atoms with Crippen LogP contribution in [-0.4, -0.2) is 18.9 Å². The third-order valence-electron chi connectivity index (χ3n) is 2.63. The number of rotatable bonds is 6. The number of hydrogen-bond acceptors (Lipinski definition) is 2. The zero-order chi connectivity index (χ0) is 12.8. The van der Waals surface area contributed by atoms with Crippen molar-refractivity contribution in [2.24, 2.45) is 5.92 Å². The lowest BCUT2D eigenvalue weighted by molar-refractivity contribution is -0.121. The van der Waals surface area contributed by atoms with Gasteiger partial charge < -0.3 is 5.32 Å². The average Bonchev–Trinajstić information content (AvgIpc) is 2.29. The van der Waals surface area contributed by atoms with Crippen molar-refractivity contribution in [1.29, 1.82) is 0 Å². The summed E-state index contributed by atoms with van der Waals surface area (Å²) < 4.78 is 0.